The zero-order valence-electron chi connectivity index (χ0n) is 9.68. The van der Waals surface area contributed by atoms with Gasteiger partial charge in [0.1, 0.15) is 10.8 Å². The Hall–Kier alpha value is -1.65. The fourth-order valence-corrected chi connectivity index (χ4v) is 2.73. The van der Waals surface area contributed by atoms with Crippen LogP contribution in [0.25, 0.3) is 11.0 Å². The van der Waals surface area contributed by atoms with Crippen molar-refractivity contribution >= 4 is 34.4 Å². The summed E-state index contributed by atoms with van der Waals surface area (Å²) in [5.41, 5.74) is 1.52. The Labute approximate surface area is 118 Å². The molecule has 2 aromatic carbocycles. The fraction of sp³-hybridized carbons (Fsp3) is 0. The summed E-state index contributed by atoms with van der Waals surface area (Å²) >= 11 is 7.40. The molecule has 3 rings (SSSR count). The van der Waals surface area contributed by atoms with Gasteiger partial charge in [-0.2, -0.15) is 0 Å². The van der Waals surface area contributed by atoms with E-state index in [4.69, 9.17) is 11.6 Å². The van der Waals surface area contributed by atoms with Crippen LogP contribution in [0.1, 0.15) is 0 Å². The largest absolute Gasteiger partial charge is 0.236 e. The summed E-state index contributed by atoms with van der Waals surface area (Å²) in [5.74, 6) is -0.283. The lowest BCUT2D eigenvalue weighted by atomic mass is 10.3. The fourth-order valence-electron chi connectivity index (χ4n) is 1.67. The van der Waals surface area contributed by atoms with E-state index in [9.17, 15) is 4.39 Å². The van der Waals surface area contributed by atoms with Crippen LogP contribution in [0.5, 0.6) is 0 Å². The maximum absolute atomic E-state index is 13.1. The van der Waals surface area contributed by atoms with E-state index < -0.39 is 0 Å². The van der Waals surface area contributed by atoms with Gasteiger partial charge in [-0.15, -0.1) is 0 Å². The molecule has 0 saturated heterocycles. The highest BCUT2D eigenvalue weighted by molar-refractivity contribution is 7.99. The van der Waals surface area contributed by atoms with Gasteiger partial charge in [0.2, 0.25) is 0 Å². The molecule has 2 nitrogen and oxygen atoms in total. The summed E-state index contributed by atoms with van der Waals surface area (Å²) in [4.78, 5) is 9.47. The minimum atomic E-state index is -0.283. The van der Waals surface area contributed by atoms with Gasteiger partial charge in [-0.1, -0.05) is 41.6 Å². The predicted octanol–water partition coefficient (Wildman–Crippen LogP) is 4.57. The number of nitrogens with zero attached hydrogens (tertiary/aromatic N) is 2. The van der Waals surface area contributed by atoms with Gasteiger partial charge < -0.3 is 0 Å². The first kappa shape index (κ1) is 12.4. The molecule has 0 fully saturated rings. The molecule has 0 aliphatic rings. The SMILES string of the molecule is Fc1cccc(Sc2nc3ccccc3nc2Cl)c1. The quantitative estimate of drug-likeness (QED) is 0.691. The van der Waals surface area contributed by atoms with Crippen LogP contribution >= 0.6 is 23.4 Å². The van der Waals surface area contributed by atoms with Crippen LogP contribution in [0.2, 0.25) is 5.15 Å². The normalized spacial score (nSPS) is 10.8. The van der Waals surface area contributed by atoms with Crippen molar-refractivity contribution < 1.29 is 4.39 Å². The van der Waals surface area contributed by atoms with E-state index in [1.54, 1.807) is 12.1 Å². The monoisotopic (exact) mass is 290 g/mol. The summed E-state index contributed by atoms with van der Waals surface area (Å²) in [6, 6.07) is 13.8. The van der Waals surface area contributed by atoms with Gasteiger partial charge in [0.15, 0.2) is 5.15 Å². The van der Waals surface area contributed by atoms with E-state index in [2.05, 4.69) is 9.97 Å². The zero-order valence-corrected chi connectivity index (χ0v) is 11.2. The molecule has 1 heterocycles. The molecule has 0 atom stereocenters. The van der Waals surface area contributed by atoms with Crippen molar-refractivity contribution in [1.29, 1.82) is 0 Å². The Kier molecular flexibility index (Phi) is 3.36. The van der Waals surface area contributed by atoms with Crippen molar-refractivity contribution in [2.75, 3.05) is 0 Å². The molecule has 0 radical (unpaired) electrons. The molecule has 0 aliphatic carbocycles. The van der Waals surface area contributed by atoms with Crippen LogP contribution in [0, 0.1) is 5.82 Å². The number of fused-ring (bicyclic) bond motifs is 1. The number of aromatic nitrogens is 2. The van der Waals surface area contributed by atoms with E-state index in [-0.39, 0.29) is 5.82 Å². The number of hydrogen-bond acceptors (Lipinski definition) is 3. The molecule has 0 amide bonds. The van der Waals surface area contributed by atoms with Gasteiger partial charge in [0.05, 0.1) is 11.0 Å². The van der Waals surface area contributed by atoms with Crippen LogP contribution in [-0.2, 0) is 0 Å². The zero-order chi connectivity index (χ0) is 13.2. The Balaban J connectivity index is 2.03. The molecule has 0 saturated carbocycles. The molecule has 0 unspecified atom stereocenters. The standard InChI is InChI=1S/C14H8ClFN2S/c15-13-14(19-10-5-3-4-9(16)8-10)18-12-7-2-1-6-11(12)17-13/h1-8H. The number of halogens is 2. The molecule has 0 N–H and O–H groups in total. The third-order valence-corrected chi connectivity index (χ3v) is 3.85. The van der Waals surface area contributed by atoms with E-state index >= 15 is 0 Å². The molecule has 94 valence electrons. The minimum Gasteiger partial charge on any atom is -0.236 e. The molecule has 19 heavy (non-hydrogen) atoms. The topological polar surface area (TPSA) is 25.8 Å². The van der Waals surface area contributed by atoms with Crippen LogP contribution in [0.4, 0.5) is 4.39 Å². The van der Waals surface area contributed by atoms with Gasteiger partial charge in [0.25, 0.3) is 0 Å². The second kappa shape index (κ2) is 5.15. The highest BCUT2D eigenvalue weighted by Gasteiger charge is 2.08. The first-order valence-electron chi connectivity index (χ1n) is 5.58. The average Bonchev–Trinajstić information content (AvgIpc) is 2.40. The van der Waals surface area contributed by atoms with Crippen molar-refractivity contribution in [2.24, 2.45) is 0 Å². The lowest BCUT2D eigenvalue weighted by Crippen LogP contribution is -1.89. The highest BCUT2D eigenvalue weighted by Crippen LogP contribution is 2.32. The number of hydrogen-bond donors (Lipinski definition) is 0. The Morgan fingerprint density at radius 1 is 0.947 bits per heavy atom. The lowest BCUT2D eigenvalue weighted by Gasteiger charge is -2.04. The third-order valence-electron chi connectivity index (χ3n) is 2.51. The first-order valence-corrected chi connectivity index (χ1v) is 6.77. The van der Waals surface area contributed by atoms with Crippen LogP contribution in [-0.4, -0.2) is 9.97 Å². The molecule has 3 aromatic rings. The maximum atomic E-state index is 13.1. The Morgan fingerprint density at radius 2 is 1.68 bits per heavy atom. The van der Waals surface area contributed by atoms with E-state index in [1.807, 2.05) is 24.3 Å². The smallest absolute Gasteiger partial charge is 0.162 e. The van der Waals surface area contributed by atoms with E-state index in [0.717, 1.165) is 15.9 Å². The van der Waals surface area contributed by atoms with Crippen molar-refractivity contribution in [3.05, 3.63) is 59.5 Å². The van der Waals surface area contributed by atoms with Crippen molar-refractivity contribution in [1.82, 2.24) is 9.97 Å². The van der Waals surface area contributed by atoms with E-state index in [0.29, 0.717) is 10.2 Å². The average molecular weight is 291 g/mol. The third kappa shape index (κ3) is 2.69. The number of para-hydroxylation sites is 2. The van der Waals surface area contributed by atoms with Crippen LogP contribution in [0.15, 0.2) is 58.5 Å². The lowest BCUT2D eigenvalue weighted by molar-refractivity contribution is 0.624. The van der Waals surface area contributed by atoms with Gasteiger partial charge in [-0.05, 0) is 30.3 Å². The first-order chi connectivity index (χ1) is 9.22. The maximum Gasteiger partial charge on any atom is 0.162 e. The van der Waals surface area contributed by atoms with Gasteiger partial charge in [-0.3, -0.25) is 0 Å². The molecular weight excluding hydrogens is 283 g/mol. The van der Waals surface area contributed by atoms with Crippen LogP contribution < -0.4 is 0 Å². The number of rotatable bonds is 2. The minimum absolute atomic E-state index is 0.283. The molecule has 0 spiro atoms. The molecule has 1 aromatic heterocycles. The molecule has 5 heteroatoms. The summed E-state index contributed by atoms with van der Waals surface area (Å²) in [6.45, 7) is 0. The second-order valence-electron chi connectivity index (χ2n) is 3.87. The summed E-state index contributed by atoms with van der Waals surface area (Å²) in [5, 5.41) is 0.902. The van der Waals surface area contributed by atoms with Gasteiger partial charge >= 0.3 is 0 Å². The summed E-state index contributed by atoms with van der Waals surface area (Å²) in [6.07, 6.45) is 0. The summed E-state index contributed by atoms with van der Waals surface area (Å²) < 4.78 is 13.1. The van der Waals surface area contributed by atoms with Gasteiger partial charge in [-0.25, -0.2) is 14.4 Å². The molecular formula is C14H8ClFN2S. The second-order valence-corrected chi connectivity index (χ2v) is 5.29. The Bertz CT molecular complexity index is 748. The number of benzene rings is 2. The van der Waals surface area contributed by atoms with Gasteiger partial charge in [0, 0.05) is 4.90 Å². The summed E-state index contributed by atoms with van der Waals surface area (Å²) in [7, 11) is 0. The molecule has 0 aliphatic heterocycles. The van der Waals surface area contributed by atoms with Crippen molar-refractivity contribution in [3.8, 4) is 0 Å². The van der Waals surface area contributed by atoms with Crippen molar-refractivity contribution in [3.63, 3.8) is 0 Å². The van der Waals surface area contributed by atoms with Crippen LogP contribution in [0.3, 0.4) is 0 Å². The predicted molar refractivity (Wildman–Crippen MR) is 75.1 cm³/mol. The van der Waals surface area contributed by atoms with Crippen molar-refractivity contribution in [2.45, 2.75) is 9.92 Å². The van der Waals surface area contributed by atoms with E-state index in [1.165, 1.54) is 23.9 Å². The highest BCUT2D eigenvalue weighted by atomic mass is 35.5. The molecule has 0 bridgehead atoms. The Morgan fingerprint density at radius 3 is 2.42 bits per heavy atom.